The summed E-state index contributed by atoms with van der Waals surface area (Å²) in [7, 11) is 4.21. The summed E-state index contributed by atoms with van der Waals surface area (Å²) in [6.07, 6.45) is -2.96. The molecule has 66 valence electrons. The van der Waals surface area contributed by atoms with Gasteiger partial charge >= 0.3 is 6.11 Å². The Morgan fingerprint density at radius 3 is 1.20 bits per heavy atom. The summed E-state index contributed by atoms with van der Waals surface area (Å²) >= 11 is 0. The molecule has 0 aromatic heterocycles. The first-order valence-electron chi connectivity index (χ1n) is 2.31. The molecular weight excluding hydrogens is 142 g/mol. The molecule has 0 bridgehead atoms. The van der Waals surface area contributed by atoms with E-state index >= 15 is 0 Å². The lowest BCUT2D eigenvalue weighted by atomic mass is 10.8. The first-order valence-corrected chi connectivity index (χ1v) is 2.31. The smallest absolute Gasteiger partial charge is 0.352 e. The number of alkyl halides is 2. The van der Waals surface area contributed by atoms with Crippen molar-refractivity contribution in [3.8, 4) is 0 Å². The van der Waals surface area contributed by atoms with Gasteiger partial charge in [-0.15, -0.1) is 0 Å². The highest BCUT2D eigenvalue weighted by atomic mass is 19.3. The molecule has 0 aromatic carbocycles. The molecule has 0 radical (unpaired) electrons. The Labute approximate surface area is 61.1 Å². The molecule has 0 spiro atoms. The van der Waals surface area contributed by atoms with Crippen LogP contribution in [0.1, 0.15) is 14.4 Å². The van der Waals surface area contributed by atoms with E-state index in [1.807, 2.05) is 0 Å². The Morgan fingerprint density at radius 2 is 1.20 bits per heavy atom. The van der Waals surface area contributed by atoms with Crippen molar-refractivity contribution in [3.63, 3.8) is 0 Å². The summed E-state index contributed by atoms with van der Waals surface area (Å²) in [5, 5.41) is 0. The van der Waals surface area contributed by atoms with Gasteiger partial charge in [-0.2, -0.15) is 8.78 Å². The van der Waals surface area contributed by atoms with Crippen LogP contribution in [-0.2, 0) is 9.47 Å². The molecule has 0 atom stereocenters. The second-order valence-electron chi connectivity index (χ2n) is 1.42. The van der Waals surface area contributed by atoms with Crippen molar-refractivity contribution in [1.29, 1.82) is 0 Å². The monoisotopic (exact) mass is 158 g/mol. The molecule has 0 amide bonds. The largest absolute Gasteiger partial charge is 0.388 e. The fourth-order valence-electron chi connectivity index (χ4n) is 0. The lowest BCUT2D eigenvalue weighted by molar-refractivity contribution is -0.205. The van der Waals surface area contributed by atoms with Crippen molar-refractivity contribution < 1.29 is 18.3 Å². The molecule has 0 aliphatic carbocycles. The molecule has 0 unspecified atom stereocenters. The number of hydrogen-bond acceptors (Lipinski definition) is 2. The molecule has 0 N–H and O–H groups in total. The third-order valence-electron chi connectivity index (χ3n) is 0.358. The molecule has 0 saturated carbocycles. The summed E-state index contributed by atoms with van der Waals surface area (Å²) < 4.78 is 30.3. The zero-order chi connectivity index (χ0) is 7.91. The lowest BCUT2D eigenvalue weighted by Gasteiger charge is -2.03. The van der Waals surface area contributed by atoms with E-state index in [-0.39, 0.29) is 7.43 Å². The minimum Gasteiger partial charge on any atom is -0.388 e. The predicted molar refractivity (Wildman–Crippen MR) is 37.3 cm³/mol. The molecule has 0 aliphatic heterocycles. The number of ether oxygens (including phenoxy) is 2. The summed E-state index contributed by atoms with van der Waals surface area (Å²) in [5.74, 6) is 0. The average Bonchev–Trinajstić information content (AvgIpc) is 1.67. The van der Waals surface area contributed by atoms with Crippen LogP contribution in [0.4, 0.5) is 8.78 Å². The van der Waals surface area contributed by atoms with Crippen molar-refractivity contribution >= 4 is 0 Å². The van der Waals surface area contributed by atoms with Crippen LogP contribution in [0.15, 0.2) is 0 Å². The lowest BCUT2D eigenvalue weighted by Crippen LogP contribution is -2.10. The van der Waals surface area contributed by atoms with Gasteiger partial charge < -0.3 is 9.47 Å². The molecule has 2 nitrogen and oxygen atoms in total. The van der Waals surface area contributed by atoms with Crippen LogP contribution in [0.25, 0.3) is 0 Å². The van der Waals surface area contributed by atoms with Crippen LogP contribution < -0.4 is 0 Å². The first-order chi connectivity index (χ1) is 3.97. The van der Waals surface area contributed by atoms with E-state index in [1.54, 1.807) is 14.2 Å². The number of rotatable bonds is 1. The highest BCUT2D eigenvalue weighted by Crippen LogP contribution is 2.09. The van der Waals surface area contributed by atoms with Gasteiger partial charge in [0.25, 0.3) is 0 Å². The van der Waals surface area contributed by atoms with E-state index < -0.39 is 6.11 Å². The quantitative estimate of drug-likeness (QED) is 0.582. The Bertz CT molecular complexity index is 52.2. The predicted octanol–water partition coefficient (Wildman–Crippen LogP) is 2.14. The van der Waals surface area contributed by atoms with E-state index in [9.17, 15) is 8.78 Å². The van der Waals surface area contributed by atoms with E-state index in [4.69, 9.17) is 0 Å². The highest BCUT2D eigenvalue weighted by molar-refractivity contribution is 4.30. The molecule has 0 heterocycles. The van der Waals surface area contributed by atoms with Gasteiger partial charge in [0.2, 0.25) is 0 Å². The summed E-state index contributed by atoms with van der Waals surface area (Å²) in [4.78, 5) is 0. The van der Waals surface area contributed by atoms with Gasteiger partial charge in [-0.3, -0.25) is 0 Å². The SMILES string of the molecule is C.COC.COC(C)(F)F. The Hall–Kier alpha value is -0.220. The standard InChI is InChI=1S/C3H6F2O.C2H6O.CH4/c1-3(4,5)6-2;1-3-2;/h1-2H3;1-2H3;1H4. The first kappa shape index (κ1) is 16.4. The molecule has 10 heavy (non-hydrogen) atoms. The Balaban J connectivity index is -0.000000107. The average molecular weight is 158 g/mol. The normalized spacial score (nSPS) is 9.00. The minimum absolute atomic E-state index is 0. The molecule has 0 rings (SSSR count). The van der Waals surface area contributed by atoms with Gasteiger partial charge in [-0.05, 0) is 0 Å². The molecule has 0 fully saturated rings. The van der Waals surface area contributed by atoms with Crippen molar-refractivity contribution in [1.82, 2.24) is 0 Å². The fourth-order valence-corrected chi connectivity index (χ4v) is 0. The van der Waals surface area contributed by atoms with Crippen LogP contribution in [-0.4, -0.2) is 27.4 Å². The summed E-state index contributed by atoms with van der Waals surface area (Å²) in [6.45, 7) is 0.688. The third-order valence-corrected chi connectivity index (χ3v) is 0.358. The van der Waals surface area contributed by atoms with Crippen LogP contribution >= 0.6 is 0 Å². The van der Waals surface area contributed by atoms with E-state index in [0.29, 0.717) is 6.92 Å². The van der Waals surface area contributed by atoms with Gasteiger partial charge in [0.15, 0.2) is 0 Å². The Kier molecular flexibility index (Phi) is 14.4. The zero-order valence-corrected chi connectivity index (χ0v) is 6.07. The van der Waals surface area contributed by atoms with Crippen LogP contribution in [0.2, 0.25) is 0 Å². The van der Waals surface area contributed by atoms with Gasteiger partial charge in [0, 0.05) is 28.3 Å². The van der Waals surface area contributed by atoms with Crippen LogP contribution in [0.5, 0.6) is 0 Å². The van der Waals surface area contributed by atoms with Gasteiger partial charge in [0.1, 0.15) is 0 Å². The molecule has 0 aliphatic rings. The van der Waals surface area contributed by atoms with Crippen LogP contribution in [0.3, 0.4) is 0 Å². The third kappa shape index (κ3) is 46.3. The second kappa shape index (κ2) is 8.78. The molecule has 0 saturated heterocycles. The molecule has 4 heteroatoms. The highest BCUT2D eigenvalue weighted by Gasteiger charge is 2.17. The summed E-state index contributed by atoms with van der Waals surface area (Å²) in [6, 6.07) is 0. The summed E-state index contributed by atoms with van der Waals surface area (Å²) in [5.41, 5.74) is 0. The maximum absolute atomic E-state index is 11.2. The minimum atomic E-state index is -2.96. The van der Waals surface area contributed by atoms with Crippen molar-refractivity contribution in [3.05, 3.63) is 0 Å². The van der Waals surface area contributed by atoms with Crippen molar-refractivity contribution in [2.24, 2.45) is 0 Å². The molecular formula is C6H16F2O2. The van der Waals surface area contributed by atoms with Crippen molar-refractivity contribution in [2.75, 3.05) is 21.3 Å². The Morgan fingerprint density at radius 1 is 1.10 bits per heavy atom. The maximum atomic E-state index is 11.2. The molecule has 0 aromatic rings. The van der Waals surface area contributed by atoms with Gasteiger partial charge in [-0.25, -0.2) is 0 Å². The van der Waals surface area contributed by atoms with E-state index in [2.05, 4.69) is 9.47 Å². The zero-order valence-electron chi connectivity index (χ0n) is 6.07. The van der Waals surface area contributed by atoms with E-state index in [0.717, 1.165) is 7.11 Å². The number of methoxy groups -OCH3 is 2. The second-order valence-corrected chi connectivity index (χ2v) is 1.42. The van der Waals surface area contributed by atoms with Crippen LogP contribution in [0, 0.1) is 0 Å². The van der Waals surface area contributed by atoms with Crippen molar-refractivity contribution in [2.45, 2.75) is 20.5 Å². The van der Waals surface area contributed by atoms with Gasteiger partial charge in [-0.1, -0.05) is 7.43 Å². The topological polar surface area (TPSA) is 18.5 Å². The van der Waals surface area contributed by atoms with Gasteiger partial charge in [0.05, 0.1) is 0 Å². The number of halogens is 2. The maximum Gasteiger partial charge on any atom is 0.352 e. The fraction of sp³-hybridized carbons (Fsp3) is 1.00. The number of hydrogen-bond donors (Lipinski definition) is 0. The van der Waals surface area contributed by atoms with E-state index in [1.165, 1.54) is 0 Å².